The highest BCUT2D eigenvalue weighted by Crippen LogP contribution is 2.43. The molecule has 3 aliphatic rings. The summed E-state index contributed by atoms with van der Waals surface area (Å²) in [6, 6.07) is -0.000107. The maximum atomic E-state index is 10.9. The minimum Gasteiger partial charge on any atom is -0.480 e. The van der Waals surface area contributed by atoms with Crippen LogP contribution < -0.4 is 5.32 Å². The number of rotatable bonds is 3. The number of carboxylic acids is 1. The summed E-state index contributed by atoms with van der Waals surface area (Å²) in [6.45, 7) is 0. The van der Waals surface area contributed by atoms with Gasteiger partial charge in [0, 0.05) is 6.04 Å². The maximum absolute atomic E-state index is 10.9. The Morgan fingerprint density at radius 1 is 1.16 bits per heavy atom. The molecule has 0 amide bonds. The molecule has 1 spiro atoms. The summed E-state index contributed by atoms with van der Waals surface area (Å²) in [5.74, 6) is -0.710. The van der Waals surface area contributed by atoms with Crippen LogP contribution in [0.1, 0.15) is 64.2 Å². The quantitative estimate of drug-likeness (QED) is 0.824. The van der Waals surface area contributed by atoms with Gasteiger partial charge in [-0.05, 0) is 44.9 Å². The third kappa shape index (κ3) is 2.95. The molecule has 4 heteroatoms. The van der Waals surface area contributed by atoms with Crippen molar-refractivity contribution in [3.05, 3.63) is 0 Å². The van der Waals surface area contributed by atoms with Crippen LogP contribution in [-0.4, -0.2) is 34.9 Å². The summed E-state index contributed by atoms with van der Waals surface area (Å²) in [5.41, 5.74) is 0.188. The summed E-state index contributed by atoms with van der Waals surface area (Å²) in [4.78, 5) is 10.9. The lowest BCUT2D eigenvalue weighted by molar-refractivity contribution is -0.139. The lowest BCUT2D eigenvalue weighted by Gasteiger charge is -2.33. The van der Waals surface area contributed by atoms with Crippen molar-refractivity contribution in [2.24, 2.45) is 0 Å². The van der Waals surface area contributed by atoms with Gasteiger partial charge in [0.15, 0.2) is 0 Å². The van der Waals surface area contributed by atoms with E-state index in [4.69, 9.17) is 9.84 Å². The number of aliphatic carboxylic acids is 1. The van der Waals surface area contributed by atoms with Gasteiger partial charge in [-0.3, -0.25) is 4.79 Å². The molecule has 4 nitrogen and oxygen atoms in total. The highest BCUT2D eigenvalue weighted by atomic mass is 16.5. The van der Waals surface area contributed by atoms with E-state index in [1.165, 1.54) is 38.5 Å². The number of carbonyl (C=O) groups is 1. The van der Waals surface area contributed by atoms with Crippen molar-refractivity contribution in [3.8, 4) is 0 Å². The number of ether oxygens (including phenoxy) is 1. The van der Waals surface area contributed by atoms with E-state index in [0.29, 0.717) is 12.1 Å². The van der Waals surface area contributed by atoms with E-state index < -0.39 is 5.97 Å². The first-order chi connectivity index (χ1) is 9.17. The standard InChI is InChI=1S/C15H25NO3/c17-14(18)13-5-4-11(16-13)10-12-6-9-15(19-12)7-2-1-3-8-15/h11-13,16H,1-10H2,(H,17,18). The minimum absolute atomic E-state index is 0.188. The first-order valence-corrected chi connectivity index (χ1v) is 7.84. The van der Waals surface area contributed by atoms with Gasteiger partial charge >= 0.3 is 5.97 Å². The SMILES string of the molecule is O=C(O)C1CCC(CC2CCC3(CCCCC3)O2)N1. The van der Waals surface area contributed by atoms with Crippen molar-refractivity contribution in [1.82, 2.24) is 5.32 Å². The van der Waals surface area contributed by atoms with Crippen LogP contribution in [0.4, 0.5) is 0 Å². The van der Waals surface area contributed by atoms with Gasteiger partial charge in [0.05, 0.1) is 11.7 Å². The maximum Gasteiger partial charge on any atom is 0.320 e. The molecular weight excluding hydrogens is 242 g/mol. The number of nitrogens with one attached hydrogen (secondary N) is 1. The van der Waals surface area contributed by atoms with E-state index >= 15 is 0 Å². The predicted octanol–water partition coefficient (Wildman–Crippen LogP) is 2.46. The van der Waals surface area contributed by atoms with E-state index in [2.05, 4.69) is 5.32 Å². The molecule has 0 aromatic rings. The smallest absolute Gasteiger partial charge is 0.320 e. The van der Waals surface area contributed by atoms with Crippen molar-refractivity contribution >= 4 is 5.97 Å². The van der Waals surface area contributed by atoms with Crippen LogP contribution in [0, 0.1) is 0 Å². The highest BCUT2D eigenvalue weighted by molar-refractivity contribution is 5.73. The van der Waals surface area contributed by atoms with E-state index in [-0.39, 0.29) is 11.6 Å². The molecule has 0 bridgehead atoms. The Morgan fingerprint density at radius 3 is 2.63 bits per heavy atom. The molecule has 19 heavy (non-hydrogen) atoms. The normalized spacial score (nSPS) is 37.8. The Morgan fingerprint density at radius 2 is 1.95 bits per heavy atom. The van der Waals surface area contributed by atoms with Crippen LogP contribution in [0.15, 0.2) is 0 Å². The molecule has 1 aliphatic carbocycles. The van der Waals surface area contributed by atoms with Gasteiger partial charge < -0.3 is 15.2 Å². The third-order valence-corrected chi connectivity index (χ3v) is 5.19. The fraction of sp³-hybridized carbons (Fsp3) is 0.933. The van der Waals surface area contributed by atoms with Crippen LogP contribution in [0.25, 0.3) is 0 Å². The van der Waals surface area contributed by atoms with Crippen LogP contribution in [-0.2, 0) is 9.53 Å². The van der Waals surface area contributed by atoms with Gasteiger partial charge in [0.25, 0.3) is 0 Å². The van der Waals surface area contributed by atoms with Gasteiger partial charge in [0.2, 0.25) is 0 Å². The molecular formula is C15H25NO3. The van der Waals surface area contributed by atoms with Gasteiger partial charge in [-0.15, -0.1) is 0 Å². The van der Waals surface area contributed by atoms with Crippen LogP contribution >= 0.6 is 0 Å². The van der Waals surface area contributed by atoms with Gasteiger partial charge in [-0.25, -0.2) is 0 Å². The Labute approximate surface area is 114 Å². The minimum atomic E-state index is -0.710. The molecule has 108 valence electrons. The Hall–Kier alpha value is -0.610. The fourth-order valence-electron chi connectivity index (χ4n) is 4.14. The number of hydrogen-bond acceptors (Lipinski definition) is 3. The van der Waals surface area contributed by atoms with Crippen LogP contribution in [0.2, 0.25) is 0 Å². The molecule has 1 saturated carbocycles. The topological polar surface area (TPSA) is 58.6 Å². The van der Waals surface area contributed by atoms with Gasteiger partial charge in [-0.1, -0.05) is 19.3 Å². The number of carboxylic acid groups (broad SMARTS) is 1. The second-order valence-electron chi connectivity index (χ2n) is 6.59. The molecule has 0 aromatic heterocycles. The molecule has 3 atom stereocenters. The monoisotopic (exact) mass is 267 g/mol. The van der Waals surface area contributed by atoms with E-state index in [1.807, 2.05) is 0 Å². The summed E-state index contributed by atoms with van der Waals surface area (Å²) >= 11 is 0. The second-order valence-corrected chi connectivity index (χ2v) is 6.59. The van der Waals surface area contributed by atoms with Crippen molar-refractivity contribution in [2.75, 3.05) is 0 Å². The van der Waals surface area contributed by atoms with Crippen molar-refractivity contribution in [2.45, 2.75) is 88.0 Å². The molecule has 0 radical (unpaired) electrons. The van der Waals surface area contributed by atoms with Crippen molar-refractivity contribution in [1.29, 1.82) is 0 Å². The van der Waals surface area contributed by atoms with Gasteiger partial charge in [-0.2, -0.15) is 0 Å². The zero-order valence-corrected chi connectivity index (χ0v) is 11.6. The lowest BCUT2D eigenvalue weighted by atomic mass is 9.83. The van der Waals surface area contributed by atoms with Crippen LogP contribution in [0.3, 0.4) is 0 Å². The van der Waals surface area contributed by atoms with Crippen molar-refractivity contribution in [3.63, 3.8) is 0 Å². The first-order valence-electron chi connectivity index (χ1n) is 7.84. The zero-order valence-electron chi connectivity index (χ0n) is 11.6. The molecule has 3 rings (SSSR count). The fourth-order valence-corrected chi connectivity index (χ4v) is 4.14. The van der Waals surface area contributed by atoms with E-state index in [1.54, 1.807) is 0 Å². The molecule has 3 fully saturated rings. The number of hydrogen-bond donors (Lipinski definition) is 2. The van der Waals surface area contributed by atoms with E-state index in [9.17, 15) is 4.79 Å². The molecule has 3 unspecified atom stereocenters. The van der Waals surface area contributed by atoms with Crippen molar-refractivity contribution < 1.29 is 14.6 Å². The Kier molecular flexibility index (Phi) is 3.81. The lowest BCUT2D eigenvalue weighted by Crippen LogP contribution is -2.37. The first kappa shape index (κ1) is 13.4. The average Bonchev–Trinajstić information content (AvgIpc) is 2.99. The summed E-state index contributed by atoms with van der Waals surface area (Å²) in [6.07, 6.45) is 11.9. The second kappa shape index (κ2) is 5.41. The van der Waals surface area contributed by atoms with Gasteiger partial charge in [0.1, 0.15) is 6.04 Å². The summed E-state index contributed by atoms with van der Waals surface area (Å²) in [5, 5.41) is 12.2. The molecule has 2 saturated heterocycles. The van der Waals surface area contributed by atoms with E-state index in [0.717, 1.165) is 25.7 Å². The largest absolute Gasteiger partial charge is 0.480 e. The molecule has 2 N–H and O–H groups in total. The third-order valence-electron chi connectivity index (χ3n) is 5.19. The van der Waals surface area contributed by atoms with Crippen LogP contribution in [0.5, 0.6) is 0 Å². The summed E-state index contributed by atoms with van der Waals surface area (Å²) in [7, 11) is 0. The highest BCUT2D eigenvalue weighted by Gasteiger charge is 2.42. The zero-order chi connectivity index (χ0) is 13.3. The summed E-state index contributed by atoms with van der Waals surface area (Å²) < 4.78 is 6.36. The average molecular weight is 267 g/mol. The Bertz CT molecular complexity index is 338. The predicted molar refractivity (Wildman–Crippen MR) is 72.1 cm³/mol. The molecule has 0 aromatic carbocycles. The molecule has 2 aliphatic heterocycles. The molecule has 2 heterocycles. The Balaban J connectivity index is 1.48.